The minimum Gasteiger partial charge on any atom is -0.318 e. The number of hydrogen-bond acceptors (Lipinski definition) is 4. The number of nitrogens with two attached hydrogens (primary N) is 1. The van der Waals surface area contributed by atoms with Crippen molar-refractivity contribution in [2.75, 3.05) is 0 Å². The van der Waals surface area contributed by atoms with Crippen molar-refractivity contribution in [2.45, 2.75) is 32.9 Å². The van der Waals surface area contributed by atoms with E-state index in [1.54, 1.807) is 17.5 Å². The Hall–Kier alpha value is -0.720. The van der Waals surface area contributed by atoms with Crippen LogP contribution in [0.4, 0.5) is 0 Å². The monoisotopic (exact) mass is 314 g/mol. The molecule has 0 aromatic carbocycles. The molecule has 0 bridgehead atoms. The number of aromatic nitrogens is 3. The Kier molecular flexibility index (Phi) is 3.96. The highest BCUT2D eigenvalue weighted by Gasteiger charge is 2.21. The van der Waals surface area contributed by atoms with Crippen molar-refractivity contribution >= 4 is 27.3 Å². The minimum atomic E-state index is -0.161. The lowest BCUT2D eigenvalue weighted by Crippen LogP contribution is -2.18. The molecule has 4 nitrogen and oxygen atoms in total. The van der Waals surface area contributed by atoms with Crippen molar-refractivity contribution in [3.05, 3.63) is 32.4 Å². The molecule has 2 N–H and O–H groups in total. The smallest absolute Gasteiger partial charge is 0.0847 e. The summed E-state index contributed by atoms with van der Waals surface area (Å²) in [4.78, 5) is 5.35. The van der Waals surface area contributed by atoms with Crippen LogP contribution < -0.4 is 5.73 Å². The Labute approximate surface area is 113 Å². The van der Waals surface area contributed by atoms with Gasteiger partial charge >= 0.3 is 0 Å². The van der Waals surface area contributed by atoms with Gasteiger partial charge in [0.1, 0.15) is 0 Å². The van der Waals surface area contributed by atoms with Crippen LogP contribution in [0.2, 0.25) is 0 Å². The minimum absolute atomic E-state index is 0.161. The number of hydrogen-bond donors (Lipinski definition) is 1. The van der Waals surface area contributed by atoms with E-state index in [0.29, 0.717) is 0 Å². The molecule has 6 heteroatoms. The van der Waals surface area contributed by atoms with E-state index in [1.807, 2.05) is 17.1 Å². The molecule has 0 fully saturated rings. The van der Waals surface area contributed by atoms with Gasteiger partial charge in [-0.1, -0.05) is 6.92 Å². The zero-order valence-corrected chi connectivity index (χ0v) is 12.3. The Bertz CT molecular complexity index is 505. The highest BCUT2D eigenvalue weighted by Crippen LogP contribution is 2.30. The van der Waals surface area contributed by atoms with E-state index >= 15 is 0 Å². The number of aryl methyl sites for hydroxylation is 2. The third-order valence-corrected chi connectivity index (χ3v) is 4.25. The number of nitrogens with zero attached hydrogens (tertiary/aromatic N) is 3. The average Bonchev–Trinajstić information content (AvgIpc) is 2.86. The summed E-state index contributed by atoms with van der Waals surface area (Å²) in [6, 6.07) is -0.161. The van der Waals surface area contributed by atoms with Crippen molar-refractivity contribution in [3.8, 4) is 0 Å². The lowest BCUT2D eigenvalue weighted by Gasteiger charge is -2.14. The Morgan fingerprint density at radius 3 is 2.94 bits per heavy atom. The van der Waals surface area contributed by atoms with Gasteiger partial charge in [-0.25, -0.2) is 4.98 Å². The van der Waals surface area contributed by atoms with Crippen LogP contribution in [0.5, 0.6) is 0 Å². The predicted molar refractivity (Wildman–Crippen MR) is 73.1 cm³/mol. The van der Waals surface area contributed by atoms with Gasteiger partial charge in [-0.15, -0.1) is 11.3 Å². The quantitative estimate of drug-likeness (QED) is 0.944. The molecule has 1 unspecified atom stereocenters. The first-order chi connectivity index (χ1) is 8.15. The van der Waals surface area contributed by atoms with Gasteiger partial charge in [0.15, 0.2) is 0 Å². The van der Waals surface area contributed by atoms with Crippen LogP contribution in [0.15, 0.2) is 16.2 Å². The zero-order valence-electron chi connectivity index (χ0n) is 9.85. The second-order valence-corrected chi connectivity index (χ2v) is 5.62. The summed E-state index contributed by atoms with van der Waals surface area (Å²) in [6.07, 6.45) is 2.84. The molecule has 2 aromatic rings. The van der Waals surface area contributed by atoms with E-state index in [9.17, 15) is 0 Å². The van der Waals surface area contributed by atoms with Crippen LogP contribution >= 0.6 is 27.3 Å². The van der Waals surface area contributed by atoms with E-state index in [0.717, 1.165) is 33.7 Å². The maximum absolute atomic E-state index is 6.32. The van der Waals surface area contributed by atoms with Crippen LogP contribution in [0, 0.1) is 6.92 Å². The maximum atomic E-state index is 6.32. The van der Waals surface area contributed by atoms with Gasteiger partial charge in [0.2, 0.25) is 0 Å². The molecule has 0 aliphatic rings. The Morgan fingerprint density at radius 1 is 1.59 bits per heavy atom. The van der Waals surface area contributed by atoms with Crippen molar-refractivity contribution in [2.24, 2.45) is 5.73 Å². The maximum Gasteiger partial charge on any atom is 0.0847 e. The first-order valence-corrected chi connectivity index (χ1v) is 7.19. The van der Waals surface area contributed by atoms with Gasteiger partial charge in [0, 0.05) is 6.54 Å². The number of rotatable bonds is 4. The van der Waals surface area contributed by atoms with Gasteiger partial charge in [-0.2, -0.15) is 5.10 Å². The summed E-state index contributed by atoms with van der Waals surface area (Å²) in [5.41, 5.74) is 10.2. The highest BCUT2D eigenvalue weighted by atomic mass is 79.9. The molecule has 17 heavy (non-hydrogen) atoms. The van der Waals surface area contributed by atoms with Gasteiger partial charge in [0.25, 0.3) is 0 Å². The highest BCUT2D eigenvalue weighted by molar-refractivity contribution is 9.10. The van der Waals surface area contributed by atoms with E-state index in [-0.39, 0.29) is 6.04 Å². The number of thiazole rings is 1. The topological polar surface area (TPSA) is 56.7 Å². The molecule has 0 radical (unpaired) electrons. The molecular formula is C11H15BrN4S. The summed E-state index contributed by atoms with van der Waals surface area (Å²) in [7, 11) is 0. The molecular weight excluding hydrogens is 300 g/mol. The molecule has 2 rings (SSSR count). The molecule has 2 aromatic heterocycles. The molecule has 0 aliphatic heterocycles. The van der Waals surface area contributed by atoms with Crippen LogP contribution in [-0.2, 0) is 6.54 Å². The second kappa shape index (κ2) is 5.29. The molecule has 0 aliphatic carbocycles. The van der Waals surface area contributed by atoms with Gasteiger partial charge in [-0.05, 0) is 29.3 Å². The molecule has 1 atom stereocenters. The first kappa shape index (κ1) is 12.7. The van der Waals surface area contributed by atoms with Gasteiger partial charge in [0.05, 0.1) is 38.5 Å². The predicted octanol–water partition coefficient (Wildman–Crippen LogP) is 2.87. The Balaban J connectivity index is 2.39. The van der Waals surface area contributed by atoms with Crippen molar-refractivity contribution in [3.63, 3.8) is 0 Å². The molecule has 0 spiro atoms. The van der Waals surface area contributed by atoms with E-state index in [4.69, 9.17) is 5.73 Å². The van der Waals surface area contributed by atoms with Crippen molar-refractivity contribution in [1.82, 2.24) is 14.8 Å². The van der Waals surface area contributed by atoms with Crippen molar-refractivity contribution in [1.29, 1.82) is 0 Å². The summed E-state index contributed by atoms with van der Waals surface area (Å²) >= 11 is 5.11. The third kappa shape index (κ3) is 2.43. The molecule has 0 amide bonds. The molecule has 0 saturated heterocycles. The summed E-state index contributed by atoms with van der Waals surface area (Å²) in [6.45, 7) is 5.00. The van der Waals surface area contributed by atoms with E-state index < -0.39 is 0 Å². The average molecular weight is 315 g/mol. The standard InChI is InChI=1S/C11H15BrN4S/c1-3-4-16-10(8(12)5-15-16)9(13)11-7(2)14-6-17-11/h5-6,9H,3-4,13H2,1-2H3. The van der Waals surface area contributed by atoms with Gasteiger partial charge < -0.3 is 5.73 Å². The fraction of sp³-hybridized carbons (Fsp3) is 0.455. The number of halogens is 1. The molecule has 92 valence electrons. The second-order valence-electron chi connectivity index (χ2n) is 3.88. The first-order valence-electron chi connectivity index (χ1n) is 5.52. The van der Waals surface area contributed by atoms with Gasteiger partial charge in [-0.3, -0.25) is 4.68 Å². The molecule has 2 heterocycles. The van der Waals surface area contributed by atoms with Crippen LogP contribution in [0.1, 0.15) is 35.7 Å². The van der Waals surface area contributed by atoms with Crippen LogP contribution in [-0.4, -0.2) is 14.8 Å². The largest absolute Gasteiger partial charge is 0.318 e. The molecule has 0 saturated carbocycles. The lowest BCUT2D eigenvalue weighted by molar-refractivity contribution is 0.560. The zero-order chi connectivity index (χ0) is 12.4. The fourth-order valence-electron chi connectivity index (χ4n) is 1.80. The fourth-order valence-corrected chi connectivity index (χ4v) is 3.15. The SMILES string of the molecule is CCCn1ncc(Br)c1C(N)c1scnc1C. The normalized spacial score (nSPS) is 12.9. The van der Waals surface area contributed by atoms with E-state index in [2.05, 4.69) is 32.9 Å². The van der Waals surface area contributed by atoms with Crippen LogP contribution in [0.25, 0.3) is 0 Å². The Morgan fingerprint density at radius 2 is 2.35 bits per heavy atom. The van der Waals surface area contributed by atoms with E-state index in [1.165, 1.54) is 0 Å². The van der Waals surface area contributed by atoms with Crippen molar-refractivity contribution < 1.29 is 0 Å². The van der Waals surface area contributed by atoms with Crippen LogP contribution in [0.3, 0.4) is 0 Å². The lowest BCUT2D eigenvalue weighted by atomic mass is 10.1. The summed E-state index contributed by atoms with van der Waals surface area (Å²) < 4.78 is 2.93. The summed E-state index contributed by atoms with van der Waals surface area (Å²) in [5.74, 6) is 0. The summed E-state index contributed by atoms with van der Waals surface area (Å²) in [5, 5.41) is 4.34. The third-order valence-electron chi connectivity index (χ3n) is 2.63.